The number of nitrogens with zero attached hydrogens (tertiary/aromatic N) is 1. The summed E-state index contributed by atoms with van der Waals surface area (Å²) in [5, 5.41) is 2.32. The number of furan rings is 1. The molecule has 0 bridgehead atoms. The normalized spacial score (nSPS) is 11.7. The van der Waals surface area contributed by atoms with Crippen LogP contribution in [0.1, 0.15) is 25.3 Å². The minimum Gasteiger partial charge on any atom is -0.456 e. The number of aromatic nitrogens is 1. The van der Waals surface area contributed by atoms with E-state index < -0.39 is 0 Å². The summed E-state index contributed by atoms with van der Waals surface area (Å²) in [6, 6.07) is 8.14. The summed E-state index contributed by atoms with van der Waals surface area (Å²) in [4.78, 5) is 4.18. The van der Waals surface area contributed by atoms with Gasteiger partial charge in [0.05, 0.1) is 0 Å². The Labute approximate surface area is 93.9 Å². The number of benzene rings is 1. The molecule has 3 aromatic rings. The topological polar surface area (TPSA) is 26.0 Å². The molecular formula is C14H13NO. The van der Waals surface area contributed by atoms with Gasteiger partial charge in [-0.25, -0.2) is 0 Å². The van der Waals surface area contributed by atoms with E-state index in [-0.39, 0.29) is 0 Å². The summed E-state index contributed by atoms with van der Waals surface area (Å²) < 4.78 is 5.80. The molecule has 0 fully saturated rings. The van der Waals surface area contributed by atoms with Gasteiger partial charge >= 0.3 is 0 Å². The summed E-state index contributed by atoms with van der Waals surface area (Å²) in [5.41, 5.74) is 3.19. The lowest BCUT2D eigenvalue weighted by Gasteiger charge is -2.05. The Kier molecular flexibility index (Phi) is 1.96. The van der Waals surface area contributed by atoms with Gasteiger partial charge in [0.1, 0.15) is 11.2 Å². The van der Waals surface area contributed by atoms with Crippen molar-refractivity contribution in [2.45, 2.75) is 19.8 Å². The smallest absolute Gasteiger partial charge is 0.138 e. The number of fused-ring (bicyclic) bond motifs is 3. The van der Waals surface area contributed by atoms with Crippen molar-refractivity contribution in [3.8, 4) is 0 Å². The molecule has 0 spiro atoms. The van der Waals surface area contributed by atoms with Gasteiger partial charge in [0, 0.05) is 23.2 Å². The van der Waals surface area contributed by atoms with Crippen LogP contribution >= 0.6 is 0 Å². The molecule has 2 heterocycles. The van der Waals surface area contributed by atoms with Crippen molar-refractivity contribution in [2.24, 2.45) is 0 Å². The molecule has 3 rings (SSSR count). The molecule has 0 saturated heterocycles. The number of hydrogen-bond acceptors (Lipinski definition) is 2. The molecule has 0 saturated carbocycles. The molecule has 2 nitrogen and oxygen atoms in total. The fraction of sp³-hybridized carbons (Fsp3) is 0.214. The molecule has 0 N–H and O–H groups in total. The SMILES string of the molecule is CC(C)c1cccc2oc3ccncc3c12. The summed E-state index contributed by atoms with van der Waals surface area (Å²) in [6.07, 6.45) is 3.65. The lowest BCUT2D eigenvalue weighted by atomic mass is 9.98. The fourth-order valence-electron chi connectivity index (χ4n) is 2.18. The summed E-state index contributed by atoms with van der Waals surface area (Å²) in [5.74, 6) is 0.490. The highest BCUT2D eigenvalue weighted by atomic mass is 16.3. The zero-order valence-corrected chi connectivity index (χ0v) is 9.40. The average Bonchev–Trinajstić information content (AvgIpc) is 2.66. The Hall–Kier alpha value is -1.83. The van der Waals surface area contributed by atoms with Crippen LogP contribution in [0.4, 0.5) is 0 Å². The third-order valence-electron chi connectivity index (χ3n) is 2.95. The molecule has 2 heteroatoms. The largest absolute Gasteiger partial charge is 0.456 e. The highest BCUT2D eigenvalue weighted by Gasteiger charge is 2.12. The van der Waals surface area contributed by atoms with E-state index in [1.807, 2.05) is 24.4 Å². The van der Waals surface area contributed by atoms with Crippen LogP contribution in [-0.2, 0) is 0 Å². The second-order valence-electron chi connectivity index (χ2n) is 4.35. The van der Waals surface area contributed by atoms with E-state index in [1.54, 1.807) is 6.20 Å². The first-order valence-corrected chi connectivity index (χ1v) is 5.52. The second kappa shape index (κ2) is 3.34. The van der Waals surface area contributed by atoms with Crippen molar-refractivity contribution in [3.05, 3.63) is 42.2 Å². The van der Waals surface area contributed by atoms with Crippen LogP contribution in [-0.4, -0.2) is 4.98 Å². The molecule has 1 aromatic carbocycles. The second-order valence-corrected chi connectivity index (χ2v) is 4.35. The number of hydrogen-bond donors (Lipinski definition) is 0. The van der Waals surface area contributed by atoms with Gasteiger partial charge in [-0.05, 0) is 23.6 Å². The number of rotatable bonds is 1. The van der Waals surface area contributed by atoms with E-state index in [1.165, 1.54) is 10.9 Å². The standard InChI is InChI=1S/C14H13NO/c1-9(2)10-4-3-5-13-14(10)11-8-15-7-6-12(11)16-13/h3-9H,1-2H3. The van der Waals surface area contributed by atoms with E-state index in [0.717, 1.165) is 16.6 Å². The minimum atomic E-state index is 0.490. The van der Waals surface area contributed by atoms with Gasteiger partial charge in [-0.2, -0.15) is 0 Å². The highest BCUT2D eigenvalue weighted by Crippen LogP contribution is 2.33. The Morgan fingerprint density at radius 2 is 2.00 bits per heavy atom. The van der Waals surface area contributed by atoms with Gasteiger partial charge in [0.25, 0.3) is 0 Å². The van der Waals surface area contributed by atoms with Crippen LogP contribution in [0.3, 0.4) is 0 Å². The van der Waals surface area contributed by atoms with Crippen molar-refractivity contribution in [3.63, 3.8) is 0 Å². The van der Waals surface area contributed by atoms with Crippen molar-refractivity contribution in [1.82, 2.24) is 4.98 Å². The van der Waals surface area contributed by atoms with Crippen molar-refractivity contribution < 1.29 is 4.42 Å². The van der Waals surface area contributed by atoms with Crippen molar-refractivity contribution >= 4 is 21.9 Å². The summed E-state index contributed by atoms with van der Waals surface area (Å²) >= 11 is 0. The van der Waals surface area contributed by atoms with Crippen LogP contribution in [0.15, 0.2) is 41.1 Å². The maximum Gasteiger partial charge on any atom is 0.138 e. The minimum absolute atomic E-state index is 0.490. The Morgan fingerprint density at radius 3 is 2.81 bits per heavy atom. The average molecular weight is 211 g/mol. The first kappa shape index (κ1) is 9.40. The Balaban J connectivity index is 2.53. The fourth-order valence-corrected chi connectivity index (χ4v) is 2.18. The van der Waals surface area contributed by atoms with Gasteiger partial charge in [0.2, 0.25) is 0 Å². The van der Waals surface area contributed by atoms with Crippen molar-refractivity contribution in [2.75, 3.05) is 0 Å². The highest BCUT2D eigenvalue weighted by molar-refractivity contribution is 6.06. The van der Waals surface area contributed by atoms with Crippen molar-refractivity contribution in [1.29, 1.82) is 0 Å². The molecule has 0 amide bonds. The molecule has 0 unspecified atom stereocenters. The van der Waals surface area contributed by atoms with Gasteiger partial charge in [-0.3, -0.25) is 4.98 Å². The Morgan fingerprint density at radius 1 is 1.12 bits per heavy atom. The van der Waals surface area contributed by atoms with Crippen LogP contribution in [0, 0.1) is 0 Å². The quantitative estimate of drug-likeness (QED) is 0.605. The third-order valence-corrected chi connectivity index (χ3v) is 2.95. The molecule has 0 aliphatic carbocycles. The predicted molar refractivity (Wildman–Crippen MR) is 65.6 cm³/mol. The lowest BCUT2D eigenvalue weighted by molar-refractivity contribution is 0.668. The number of pyridine rings is 1. The Bertz CT molecular complexity index is 652. The maximum absolute atomic E-state index is 5.80. The van der Waals surface area contributed by atoms with E-state index >= 15 is 0 Å². The molecule has 0 aliphatic heterocycles. The maximum atomic E-state index is 5.80. The zero-order valence-electron chi connectivity index (χ0n) is 9.40. The first-order valence-electron chi connectivity index (χ1n) is 5.52. The van der Waals surface area contributed by atoms with Crippen LogP contribution in [0.5, 0.6) is 0 Å². The first-order chi connectivity index (χ1) is 7.77. The zero-order chi connectivity index (χ0) is 11.1. The van der Waals surface area contributed by atoms with Gasteiger partial charge < -0.3 is 4.42 Å². The molecule has 80 valence electrons. The van der Waals surface area contributed by atoms with Gasteiger partial charge in [-0.1, -0.05) is 26.0 Å². The molecule has 16 heavy (non-hydrogen) atoms. The van der Waals surface area contributed by atoms with Crippen LogP contribution in [0.2, 0.25) is 0 Å². The molecule has 0 aliphatic rings. The van der Waals surface area contributed by atoms with E-state index in [0.29, 0.717) is 5.92 Å². The van der Waals surface area contributed by atoms with E-state index in [9.17, 15) is 0 Å². The molecule has 2 aromatic heterocycles. The van der Waals surface area contributed by atoms with Crippen LogP contribution < -0.4 is 0 Å². The lowest BCUT2D eigenvalue weighted by Crippen LogP contribution is -1.87. The summed E-state index contributed by atoms with van der Waals surface area (Å²) in [7, 11) is 0. The van der Waals surface area contributed by atoms with Crippen LogP contribution in [0.25, 0.3) is 21.9 Å². The summed E-state index contributed by atoms with van der Waals surface area (Å²) in [6.45, 7) is 4.40. The molecular weight excluding hydrogens is 198 g/mol. The monoisotopic (exact) mass is 211 g/mol. The third kappa shape index (κ3) is 1.23. The van der Waals surface area contributed by atoms with Gasteiger partial charge in [-0.15, -0.1) is 0 Å². The van der Waals surface area contributed by atoms with E-state index in [4.69, 9.17) is 4.42 Å². The van der Waals surface area contributed by atoms with Gasteiger partial charge in [0.15, 0.2) is 0 Å². The molecule has 0 radical (unpaired) electrons. The predicted octanol–water partition coefficient (Wildman–Crippen LogP) is 4.10. The molecule has 0 atom stereocenters. The van der Waals surface area contributed by atoms with E-state index in [2.05, 4.69) is 24.9 Å².